The van der Waals surface area contributed by atoms with E-state index >= 15 is 0 Å². The molecule has 2 nitrogen and oxygen atoms in total. The highest BCUT2D eigenvalue weighted by molar-refractivity contribution is 5.50. The van der Waals surface area contributed by atoms with Crippen LogP contribution in [0.4, 0.5) is 0 Å². The predicted molar refractivity (Wildman–Crippen MR) is 127 cm³/mol. The van der Waals surface area contributed by atoms with E-state index in [1.54, 1.807) is 0 Å². The second-order valence-electron chi connectivity index (χ2n) is 13.0. The molecule has 166 valence electrons. The molecule has 0 heterocycles. The standard InChI is InChI=1S/C29H38O2/c1-19-7-9-21(23(30)11-19)27-13-26(6)14-28(16-27,22-10-8-20(2)12-24(22)31)18-29(15-26,17-27)25(3,4)5/h7-12,30-31H,13-18H2,1-6H3. The van der Waals surface area contributed by atoms with Gasteiger partial charge in [-0.25, -0.2) is 0 Å². The van der Waals surface area contributed by atoms with Crippen molar-refractivity contribution in [3.05, 3.63) is 58.7 Å². The van der Waals surface area contributed by atoms with Gasteiger partial charge in [0.2, 0.25) is 0 Å². The van der Waals surface area contributed by atoms with Gasteiger partial charge in [-0.2, -0.15) is 0 Å². The predicted octanol–water partition coefficient (Wildman–Crippen LogP) is 7.31. The Balaban J connectivity index is 1.77. The lowest BCUT2D eigenvalue weighted by Crippen LogP contribution is -2.66. The van der Waals surface area contributed by atoms with E-state index in [2.05, 4.69) is 52.0 Å². The normalized spacial score (nSPS) is 36.7. The largest absolute Gasteiger partial charge is 0.508 e. The van der Waals surface area contributed by atoms with Gasteiger partial charge in [-0.1, -0.05) is 52.0 Å². The zero-order valence-corrected chi connectivity index (χ0v) is 20.1. The summed E-state index contributed by atoms with van der Waals surface area (Å²) in [7, 11) is 0. The number of aromatic hydroxyl groups is 2. The minimum Gasteiger partial charge on any atom is -0.508 e. The maximum absolute atomic E-state index is 11.1. The molecular weight excluding hydrogens is 380 g/mol. The van der Waals surface area contributed by atoms with E-state index in [4.69, 9.17) is 0 Å². The van der Waals surface area contributed by atoms with Crippen LogP contribution in [0.25, 0.3) is 0 Å². The summed E-state index contributed by atoms with van der Waals surface area (Å²) in [5.41, 5.74) is 4.93. The van der Waals surface area contributed by atoms with Crippen molar-refractivity contribution in [2.24, 2.45) is 16.2 Å². The van der Waals surface area contributed by atoms with E-state index in [1.165, 1.54) is 6.42 Å². The topological polar surface area (TPSA) is 40.5 Å². The van der Waals surface area contributed by atoms with Gasteiger partial charge in [0, 0.05) is 22.0 Å². The Kier molecular flexibility index (Phi) is 4.11. The molecule has 0 amide bonds. The van der Waals surface area contributed by atoms with Crippen molar-refractivity contribution >= 4 is 0 Å². The molecule has 2 unspecified atom stereocenters. The molecule has 2 N–H and O–H groups in total. The first-order chi connectivity index (χ1) is 14.3. The van der Waals surface area contributed by atoms with Crippen molar-refractivity contribution in [1.82, 2.24) is 0 Å². The van der Waals surface area contributed by atoms with Crippen molar-refractivity contribution < 1.29 is 10.2 Å². The highest BCUT2D eigenvalue weighted by Gasteiger charge is 2.70. The first-order valence-electron chi connectivity index (χ1n) is 11.9. The van der Waals surface area contributed by atoms with Crippen LogP contribution in [0.1, 0.15) is 88.5 Å². The Bertz CT molecular complexity index is 989. The lowest BCUT2D eigenvalue weighted by molar-refractivity contribution is -0.177. The Morgan fingerprint density at radius 1 is 0.677 bits per heavy atom. The van der Waals surface area contributed by atoms with Crippen LogP contribution in [-0.4, -0.2) is 10.2 Å². The van der Waals surface area contributed by atoms with Crippen molar-refractivity contribution in [3.63, 3.8) is 0 Å². The van der Waals surface area contributed by atoms with Gasteiger partial charge in [0.25, 0.3) is 0 Å². The van der Waals surface area contributed by atoms with Crippen LogP contribution in [0.2, 0.25) is 0 Å². The van der Waals surface area contributed by atoms with Gasteiger partial charge in [-0.15, -0.1) is 0 Å². The maximum atomic E-state index is 11.1. The van der Waals surface area contributed by atoms with E-state index in [1.807, 2.05) is 26.0 Å². The molecule has 2 heteroatoms. The zero-order valence-electron chi connectivity index (χ0n) is 20.1. The number of phenolic OH excluding ortho intramolecular Hbond substituents is 2. The molecule has 2 atom stereocenters. The summed E-state index contributed by atoms with van der Waals surface area (Å²) in [5.74, 6) is 0.913. The summed E-state index contributed by atoms with van der Waals surface area (Å²) in [6, 6.07) is 12.6. The summed E-state index contributed by atoms with van der Waals surface area (Å²) >= 11 is 0. The first-order valence-corrected chi connectivity index (χ1v) is 11.9. The van der Waals surface area contributed by atoms with Gasteiger partial charge < -0.3 is 10.2 Å². The third kappa shape index (κ3) is 2.90. The molecule has 0 saturated heterocycles. The minimum absolute atomic E-state index is 0.0497. The maximum Gasteiger partial charge on any atom is 0.119 e. The Labute approximate surface area is 187 Å². The highest BCUT2D eigenvalue weighted by Crippen LogP contribution is 2.78. The molecule has 0 aliphatic heterocycles. The second-order valence-corrected chi connectivity index (χ2v) is 13.0. The SMILES string of the molecule is Cc1ccc(C23CC4(C)CC(c5ccc(C)cc5O)(C2)CC(C(C)(C)C)(C4)C3)c(O)c1. The van der Waals surface area contributed by atoms with Crippen LogP contribution in [0.15, 0.2) is 36.4 Å². The average molecular weight is 419 g/mol. The summed E-state index contributed by atoms with van der Waals surface area (Å²) in [6.07, 6.45) is 6.77. The van der Waals surface area contributed by atoms with Crippen LogP contribution in [-0.2, 0) is 10.8 Å². The molecule has 31 heavy (non-hydrogen) atoms. The molecule has 2 aromatic carbocycles. The van der Waals surface area contributed by atoms with Gasteiger partial charge in [0.05, 0.1) is 0 Å². The molecule has 0 radical (unpaired) electrons. The summed E-state index contributed by atoms with van der Waals surface area (Å²) < 4.78 is 0. The molecular formula is C29H38O2. The lowest BCUT2D eigenvalue weighted by atomic mass is 9.31. The molecule has 0 spiro atoms. The third-order valence-corrected chi connectivity index (χ3v) is 9.37. The monoisotopic (exact) mass is 418 g/mol. The fraction of sp³-hybridized carbons (Fsp3) is 0.586. The molecule has 4 saturated carbocycles. The number of aryl methyl sites for hydroxylation is 2. The quantitative estimate of drug-likeness (QED) is 0.537. The summed E-state index contributed by atoms with van der Waals surface area (Å²) in [5, 5.41) is 22.2. The van der Waals surface area contributed by atoms with Crippen LogP contribution in [0.3, 0.4) is 0 Å². The van der Waals surface area contributed by atoms with Crippen molar-refractivity contribution in [3.8, 4) is 11.5 Å². The number of rotatable bonds is 2. The van der Waals surface area contributed by atoms with Gasteiger partial charge in [0.1, 0.15) is 11.5 Å². The second kappa shape index (κ2) is 6.09. The van der Waals surface area contributed by atoms with E-state index in [-0.39, 0.29) is 27.1 Å². The number of hydrogen-bond acceptors (Lipinski definition) is 2. The van der Waals surface area contributed by atoms with Gasteiger partial charge in [-0.05, 0) is 91.9 Å². The highest BCUT2D eigenvalue weighted by atomic mass is 16.3. The summed E-state index contributed by atoms with van der Waals surface area (Å²) in [6.45, 7) is 13.8. The van der Waals surface area contributed by atoms with E-state index in [0.717, 1.165) is 54.4 Å². The zero-order chi connectivity index (χ0) is 22.4. The number of phenols is 2. The van der Waals surface area contributed by atoms with Crippen LogP contribution in [0.5, 0.6) is 11.5 Å². The van der Waals surface area contributed by atoms with Crippen LogP contribution < -0.4 is 0 Å². The van der Waals surface area contributed by atoms with Crippen molar-refractivity contribution in [2.75, 3.05) is 0 Å². The molecule has 4 bridgehead atoms. The molecule has 4 aliphatic rings. The Hall–Kier alpha value is -1.96. The van der Waals surface area contributed by atoms with E-state index in [9.17, 15) is 10.2 Å². The van der Waals surface area contributed by atoms with Crippen molar-refractivity contribution in [1.29, 1.82) is 0 Å². The molecule has 0 aromatic heterocycles. The van der Waals surface area contributed by atoms with E-state index < -0.39 is 0 Å². The van der Waals surface area contributed by atoms with Crippen LogP contribution in [0, 0.1) is 30.1 Å². The van der Waals surface area contributed by atoms with Gasteiger partial charge in [0.15, 0.2) is 0 Å². The fourth-order valence-electron chi connectivity index (χ4n) is 8.69. The average Bonchev–Trinajstić information content (AvgIpc) is 2.58. The fourth-order valence-corrected chi connectivity index (χ4v) is 8.69. The smallest absolute Gasteiger partial charge is 0.119 e. The van der Waals surface area contributed by atoms with Crippen molar-refractivity contribution in [2.45, 2.75) is 90.9 Å². The minimum atomic E-state index is -0.0497. The Morgan fingerprint density at radius 2 is 1.13 bits per heavy atom. The number of benzene rings is 2. The van der Waals surface area contributed by atoms with Gasteiger partial charge >= 0.3 is 0 Å². The molecule has 4 aliphatic carbocycles. The van der Waals surface area contributed by atoms with Crippen LogP contribution >= 0.6 is 0 Å². The molecule has 2 aromatic rings. The first kappa shape index (κ1) is 20.9. The molecule has 6 rings (SSSR count). The molecule has 4 fully saturated rings. The number of hydrogen-bond donors (Lipinski definition) is 2. The Morgan fingerprint density at radius 3 is 1.52 bits per heavy atom. The van der Waals surface area contributed by atoms with E-state index in [0.29, 0.717) is 11.5 Å². The lowest BCUT2D eigenvalue weighted by Gasteiger charge is -2.73. The van der Waals surface area contributed by atoms with Gasteiger partial charge in [-0.3, -0.25) is 0 Å². The third-order valence-electron chi connectivity index (χ3n) is 9.37. The summed E-state index contributed by atoms with van der Waals surface area (Å²) in [4.78, 5) is 0.